The Labute approximate surface area is 196 Å². The smallest absolute Gasteiger partial charge is 0.495 e. The number of rotatable bonds is 3. The van der Waals surface area contributed by atoms with Crippen LogP contribution in [-0.4, -0.2) is 67.9 Å². The predicted octanol–water partition coefficient (Wildman–Crippen LogP) is 3.05. The number of nitrogens with zero attached hydrogens (tertiary/aromatic N) is 2. The van der Waals surface area contributed by atoms with E-state index in [1.807, 2.05) is 0 Å². The number of piperazine rings is 1. The second-order valence-corrected chi connectivity index (χ2v) is 9.05. The van der Waals surface area contributed by atoms with E-state index in [4.69, 9.17) is 33.9 Å². The number of benzene rings is 1. The van der Waals surface area contributed by atoms with Crippen LogP contribution in [0.1, 0.15) is 63.5 Å². The highest BCUT2D eigenvalue weighted by atomic mass is 16.7. The van der Waals surface area contributed by atoms with E-state index >= 15 is 0 Å². The lowest BCUT2D eigenvalue weighted by Gasteiger charge is -2.37. The molecule has 1 aromatic rings. The van der Waals surface area contributed by atoms with Crippen molar-refractivity contribution in [2.75, 3.05) is 37.9 Å². The minimum absolute atomic E-state index is 0.0719. The van der Waals surface area contributed by atoms with Gasteiger partial charge in [-0.3, -0.25) is 0 Å². The quantitative estimate of drug-likeness (QED) is 0.689. The molecule has 0 atom stereocenters. The number of hydrogen-bond acceptors (Lipinski definition) is 6. The number of carbonyl (C=O) groups is 1. The molecule has 0 N–H and O–H groups in total. The molecule has 2 aliphatic rings. The van der Waals surface area contributed by atoms with E-state index in [9.17, 15) is 4.79 Å². The monoisotopic (exact) mass is 429 g/mol. The van der Waals surface area contributed by atoms with E-state index in [1.165, 1.54) is 32.9 Å². The summed E-state index contributed by atoms with van der Waals surface area (Å²) in [6, 6.07) is 3.34. The first-order chi connectivity index (χ1) is 18.0. The maximum atomic E-state index is 13.0. The van der Waals surface area contributed by atoms with Gasteiger partial charge in [-0.25, -0.2) is 4.79 Å². The molecule has 2 fully saturated rings. The molecule has 0 saturated carbocycles. The highest BCUT2D eigenvalue weighted by Gasteiger charge is 2.51. The largest absolute Gasteiger partial charge is 0.497 e. The lowest BCUT2D eigenvalue weighted by atomic mass is 9.78. The fourth-order valence-electron chi connectivity index (χ4n) is 2.69. The van der Waals surface area contributed by atoms with Gasteiger partial charge >= 0.3 is 13.2 Å². The van der Waals surface area contributed by atoms with Gasteiger partial charge in [-0.2, -0.15) is 0 Å². The first kappa shape index (κ1) is 12.2. The van der Waals surface area contributed by atoms with E-state index in [-0.39, 0.29) is 15.3 Å². The Hall–Kier alpha value is -1.93. The van der Waals surface area contributed by atoms with Crippen LogP contribution in [0.2, 0.25) is 0 Å². The SMILES string of the molecule is [2H]C([2H])([2H])Oc1cc(B2OC(C)(C)C(C)(C)O2)cc(N2C([2H])([2H])C([2H])([2H])N(C(=O)OC(C)(C)C)C([2H])([2H])C2([2H])[2H])c1. The summed E-state index contributed by atoms with van der Waals surface area (Å²) in [7, 11) is -4.14. The van der Waals surface area contributed by atoms with Crippen LogP contribution in [0.3, 0.4) is 0 Å². The summed E-state index contributed by atoms with van der Waals surface area (Å²) < 4.78 is 114. The van der Waals surface area contributed by atoms with E-state index in [0.717, 1.165) is 6.07 Å². The molecule has 30 heavy (non-hydrogen) atoms. The Morgan fingerprint density at radius 2 is 1.70 bits per heavy atom. The molecule has 1 amide bonds. The van der Waals surface area contributed by atoms with Crippen molar-refractivity contribution in [3.63, 3.8) is 0 Å². The van der Waals surface area contributed by atoms with E-state index in [2.05, 4.69) is 0 Å². The fraction of sp³-hybridized carbons (Fsp3) is 0.682. The Kier molecular flexibility index (Phi) is 3.24. The van der Waals surface area contributed by atoms with Gasteiger partial charge < -0.3 is 28.6 Å². The summed E-state index contributed by atoms with van der Waals surface area (Å²) in [6.07, 6.45) is -1.61. The van der Waals surface area contributed by atoms with Crippen LogP contribution >= 0.6 is 0 Å². The van der Waals surface area contributed by atoms with Crippen molar-refractivity contribution in [3.8, 4) is 5.75 Å². The second-order valence-electron chi connectivity index (χ2n) is 9.05. The molecule has 1 aromatic carbocycles. The van der Waals surface area contributed by atoms with Crippen molar-refractivity contribution in [2.45, 2.75) is 65.3 Å². The Bertz CT molecular complexity index is 1160. The van der Waals surface area contributed by atoms with Gasteiger partial charge in [-0.15, -0.1) is 0 Å². The second kappa shape index (κ2) is 7.96. The molecule has 0 radical (unpaired) electrons. The molecule has 2 aliphatic heterocycles. The number of methoxy groups -OCH3 is 1. The summed E-state index contributed by atoms with van der Waals surface area (Å²) in [5.41, 5.74) is -3.37. The van der Waals surface area contributed by atoms with Crippen molar-refractivity contribution in [3.05, 3.63) is 18.2 Å². The van der Waals surface area contributed by atoms with Gasteiger partial charge in [-0.05, 0) is 66.1 Å². The molecule has 7 nitrogen and oxygen atoms in total. The van der Waals surface area contributed by atoms with Crippen LogP contribution in [-0.2, 0) is 14.0 Å². The summed E-state index contributed by atoms with van der Waals surface area (Å²) in [5.74, 6) is -0.394. The Morgan fingerprint density at radius 3 is 2.23 bits per heavy atom. The fourth-order valence-corrected chi connectivity index (χ4v) is 2.69. The van der Waals surface area contributed by atoms with Crippen molar-refractivity contribution in [1.29, 1.82) is 0 Å². The van der Waals surface area contributed by atoms with E-state index in [1.54, 1.807) is 27.7 Å². The number of ether oxygens (including phenoxy) is 2. The normalized spacial score (nSPS) is 33.6. The molecule has 8 heteroatoms. The van der Waals surface area contributed by atoms with Crippen molar-refractivity contribution < 1.29 is 38.7 Å². The van der Waals surface area contributed by atoms with Crippen LogP contribution in [0.25, 0.3) is 0 Å². The van der Waals surface area contributed by atoms with Gasteiger partial charge in [0.05, 0.1) is 33.3 Å². The minimum atomic E-state index is -3.52. The molecule has 2 heterocycles. The zero-order chi connectivity index (χ0) is 32.0. The van der Waals surface area contributed by atoms with Gasteiger partial charge in [0.2, 0.25) is 0 Å². The lowest BCUT2D eigenvalue weighted by Crippen LogP contribution is -2.50. The lowest BCUT2D eigenvalue weighted by molar-refractivity contribution is 0.00578. The molecule has 0 aliphatic carbocycles. The van der Waals surface area contributed by atoms with E-state index < -0.39 is 74.5 Å². The number of hydrogen-bond donors (Lipinski definition) is 0. The topological polar surface area (TPSA) is 60.5 Å². The summed E-state index contributed by atoms with van der Waals surface area (Å²) in [5, 5.41) is 0. The minimum Gasteiger partial charge on any atom is -0.497 e. The molecular weight excluding hydrogens is 383 g/mol. The third-order valence-corrected chi connectivity index (χ3v) is 4.94. The summed E-state index contributed by atoms with van der Waals surface area (Å²) in [6.45, 7) is -2.61. The van der Waals surface area contributed by atoms with Crippen molar-refractivity contribution in [2.24, 2.45) is 0 Å². The molecule has 0 bridgehead atoms. The number of anilines is 1. The molecule has 166 valence electrons. The zero-order valence-corrected chi connectivity index (χ0v) is 18.2. The third-order valence-electron chi connectivity index (χ3n) is 4.94. The molecule has 0 aromatic heterocycles. The Balaban J connectivity index is 2.25. The van der Waals surface area contributed by atoms with Crippen molar-refractivity contribution >= 4 is 24.4 Å². The Morgan fingerprint density at radius 1 is 1.10 bits per heavy atom. The number of carbonyl (C=O) groups excluding carboxylic acids is 1. The highest BCUT2D eigenvalue weighted by molar-refractivity contribution is 6.62. The third kappa shape index (κ3) is 4.86. The number of amides is 1. The summed E-state index contributed by atoms with van der Waals surface area (Å²) >= 11 is 0. The molecular formula is C22H35BN2O5. The molecule has 2 saturated heterocycles. The van der Waals surface area contributed by atoms with Gasteiger partial charge in [-0.1, -0.05) is 0 Å². The van der Waals surface area contributed by atoms with Gasteiger partial charge in [0.1, 0.15) is 11.4 Å². The average molecular weight is 429 g/mol. The van der Waals surface area contributed by atoms with Gasteiger partial charge in [0, 0.05) is 37.7 Å². The standard InChI is InChI=1S/C22H35BN2O5/c1-20(2,3)28-19(26)25-11-9-24(10-12-25)17-13-16(14-18(15-17)27-8)23-29-21(4,5)22(6,7)30-23/h13-15H,9-12H2,1-8H3/i8D3,9D2,10D2,11D2,12D2. The van der Waals surface area contributed by atoms with Crippen LogP contribution in [0.5, 0.6) is 5.75 Å². The van der Waals surface area contributed by atoms with Crippen LogP contribution in [0.15, 0.2) is 18.2 Å². The average Bonchev–Trinajstić information content (AvgIpc) is 2.90. The summed E-state index contributed by atoms with van der Waals surface area (Å²) in [4.78, 5) is 12.9. The zero-order valence-electron chi connectivity index (χ0n) is 29.2. The maximum absolute atomic E-state index is 13.0. The van der Waals surface area contributed by atoms with E-state index in [0.29, 0.717) is 0 Å². The van der Waals surface area contributed by atoms with Crippen LogP contribution < -0.4 is 15.1 Å². The van der Waals surface area contributed by atoms with Gasteiger partial charge in [0.25, 0.3) is 0 Å². The van der Waals surface area contributed by atoms with Gasteiger partial charge in [0.15, 0.2) is 0 Å². The highest BCUT2D eigenvalue weighted by Crippen LogP contribution is 2.37. The maximum Gasteiger partial charge on any atom is 0.495 e. The van der Waals surface area contributed by atoms with Crippen molar-refractivity contribution in [1.82, 2.24) is 4.90 Å². The first-order valence-corrected chi connectivity index (χ1v) is 9.51. The first-order valence-electron chi connectivity index (χ1n) is 15.0. The van der Waals surface area contributed by atoms with Crippen LogP contribution in [0, 0.1) is 0 Å². The molecule has 3 rings (SSSR count). The van der Waals surface area contributed by atoms with Crippen LogP contribution in [0.4, 0.5) is 10.5 Å². The predicted molar refractivity (Wildman–Crippen MR) is 119 cm³/mol. The molecule has 0 spiro atoms. The molecule has 0 unspecified atom stereocenters.